The van der Waals surface area contributed by atoms with E-state index in [0.29, 0.717) is 13.0 Å². The highest BCUT2D eigenvalue weighted by Gasteiger charge is 2.48. The first-order chi connectivity index (χ1) is 17.0. The average molecular weight is 466 g/mol. The molecule has 2 atom stereocenters. The van der Waals surface area contributed by atoms with Crippen LogP contribution in [0.25, 0.3) is 10.9 Å². The van der Waals surface area contributed by atoms with Crippen LogP contribution in [0.5, 0.6) is 0 Å². The maximum absolute atomic E-state index is 13.7. The zero-order valence-electron chi connectivity index (χ0n) is 18.8. The molecule has 8 heteroatoms. The van der Waals surface area contributed by atoms with Crippen LogP contribution in [-0.4, -0.2) is 44.1 Å². The molecule has 3 aromatic carbocycles. The van der Waals surface area contributed by atoms with E-state index in [1.54, 1.807) is 21.9 Å². The Balaban J connectivity index is 1.45. The Kier molecular flexibility index (Phi) is 4.88. The van der Waals surface area contributed by atoms with Crippen LogP contribution in [0.3, 0.4) is 0 Å². The zero-order chi connectivity index (χ0) is 24.1. The predicted molar refractivity (Wildman–Crippen MR) is 129 cm³/mol. The molecule has 6 rings (SSSR count). The van der Waals surface area contributed by atoms with Gasteiger partial charge in [-0.05, 0) is 34.9 Å². The minimum atomic E-state index is -0.646. The van der Waals surface area contributed by atoms with Gasteiger partial charge < -0.3 is 14.8 Å². The Hall–Kier alpha value is -4.46. The third-order valence-corrected chi connectivity index (χ3v) is 6.98. The molecular weight excluding hydrogens is 444 g/mol. The van der Waals surface area contributed by atoms with E-state index in [4.69, 9.17) is 0 Å². The molecular formula is C27H22N4O4. The second-order valence-electron chi connectivity index (χ2n) is 9.01. The van der Waals surface area contributed by atoms with Crippen molar-refractivity contribution in [3.8, 4) is 0 Å². The number of carbonyl (C=O) groups excluding carboxylic acids is 2. The minimum absolute atomic E-state index is 0.0106. The van der Waals surface area contributed by atoms with Crippen molar-refractivity contribution >= 4 is 28.4 Å². The number of fused-ring (bicyclic) bond motifs is 4. The first-order valence-corrected chi connectivity index (χ1v) is 11.5. The van der Waals surface area contributed by atoms with Crippen LogP contribution in [0.2, 0.25) is 0 Å². The topological polar surface area (TPSA) is 99.5 Å². The summed E-state index contributed by atoms with van der Waals surface area (Å²) >= 11 is 0. The smallest absolute Gasteiger partial charge is 0.269 e. The van der Waals surface area contributed by atoms with Gasteiger partial charge in [0, 0.05) is 41.7 Å². The summed E-state index contributed by atoms with van der Waals surface area (Å²) < 4.78 is 0. The number of aromatic nitrogens is 1. The lowest BCUT2D eigenvalue weighted by Crippen LogP contribution is -2.62. The SMILES string of the molecule is O=C1C2Cc3c([nH]c4ccccc34)C(c3ccc([N+](=O)[O-])cc3)N2C(=O)CN1Cc1ccccc1. The van der Waals surface area contributed by atoms with Crippen molar-refractivity contribution < 1.29 is 14.5 Å². The molecule has 1 saturated heterocycles. The van der Waals surface area contributed by atoms with E-state index in [1.807, 2.05) is 54.6 Å². The molecule has 0 bridgehead atoms. The molecule has 1 aromatic heterocycles. The Morgan fingerprint density at radius 2 is 1.66 bits per heavy atom. The predicted octanol–water partition coefficient (Wildman–Crippen LogP) is 3.96. The lowest BCUT2D eigenvalue weighted by Gasteiger charge is -2.47. The number of H-pyrrole nitrogens is 1. The van der Waals surface area contributed by atoms with E-state index in [2.05, 4.69) is 4.98 Å². The monoisotopic (exact) mass is 466 g/mol. The number of rotatable bonds is 4. The minimum Gasteiger partial charge on any atom is -0.356 e. The number of nitrogens with zero attached hydrogens (tertiary/aromatic N) is 3. The van der Waals surface area contributed by atoms with E-state index in [0.717, 1.165) is 33.3 Å². The van der Waals surface area contributed by atoms with Crippen LogP contribution >= 0.6 is 0 Å². The molecule has 4 aromatic rings. The molecule has 0 aliphatic carbocycles. The summed E-state index contributed by atoms with van der Waals surface area (Å²) in [6.07, 6.45) is 0.415. The third kappa shape index (κ3) is 3.45. The fourth-order valence-electron chi connectivity index (χ4n) is 5.39. The summed E-state index contributed by atoms with van der Waals surface area (Å²) in [5.74, 6) is -0.227. The molecule has 2 amide bonds. The summed E-state index contributed by atoms with van der Waals surface area (Å²) in [5.41, 5.74) is 4.48. The number of nitro benzene ring substituents is 1. The fraction of sp³-hybridized carbons (Fsp3) is 0.185. The number of hydrogen-bond acceptors (Lipinski definition) is 4. The first-order valence-electron chi connectivity index (χ1n) is 11.5. The number of nitrogens with one attached hydrogen (secondary N) is 1. The van der Waals surface area contributed by atoms with Crippen LogP contribution in [0.4, 0.5) is 5.69 Å². The zero-order valence-corrected chi connectivity index (χ0v) is 18.8. The lowest BCUT2D eigenvalue weighted by molar-refractivity contribution is -0.384. The van der Waals surface area contributed by atoms with Crippen molar-refractivity contribution in [3.63, 3.8) is 0 Å². The van der Waals surface area contributed by atoms with Gasteiger partial charge in [-0.1, -0.05) is 48.5 Å². The van der Waals surface area contributed by atoms with Crippen molar-refractivity contribution in [2.24, 2.45) is 0 Å². The Labute approximate surface area is 200 Å². The fourth-order valence-corrected chi connectivity index (χ4v) is 5.39. The van der Waals surface area contributed by atoms with Gasteiger partial charge in [-0.25, -0.2) is 0 Å². The summed E-state index contributed by atoms with van der Waals surface area (Å²) in [7, 11) is 0. The van der Waals surface area contributed by atoms with Crippen molar-refractivity contribution in [2.75, 3.05) is 6.54 Å². The second-order valence-corrected chi connectivity index (χ2v) is 9.01. The molecule has 3 heterocycles. The quantitative estimate of drug-likeness (QED) is 0.363. The van der Waals surface area contributed by atoms with Gasteiger partial charge in [-0.15, -0.1) is 0 Å². The second kappa shape index (κ2) is 8.09. The van der Waals surface area contributed by atoms with E-state index in [-0.39, 0.29) is 24.0 Å². The van der Waals surface area contributed by atoms with Gasteiger partial charge in [0.25, 0.3) is 5.69 Å². The van der Waals surface area contributed by atoms with E-state index >= 15 is 0 Å². The number of benzene rings is 3. The molecule has 2 aliphatic heterocycles. The van der Waals surface area contributed by atoms with Gasteiger partial charge in [0.1, 0.15) is 12.6 Å². The van der Waals surface area contributed by atoms with Gasteiger partial charge in [-0.2, -0.15) is 0 Å². The molecule has 0 radical (unpaired) electrons. The maximum atomic E-state index is 13.7. The van der Waals surface area contributed by atoms with Crippen LogP contribution in [0.15, 0.2) is 78.9 Å². The number of piperazine rings is 1. The summed E-state index contributed by atoms with van der Waals surface area (Å²) in [4.78, 5) is 44.8. The van der Waals surface area contributed by atoms with Gasteiger partial charge in [-0.3, -0.25) is 19.7 Å². The first kappa shape index (κ1) is 21.1. The van der Waals surface area contributed by atoms with Crippen LogP contribution in [0.1, 0.15) is 28.4 Å². The molecule has 0 spiro atoms. The highest BCUT2D eigenvalue weighted by atomic mass is 16.6. The van der Waals surface area contributed by atoms with Crippen molar-refractivity contribution in [1.82, 2.24) is 14.8 Å². The number of non-ortho nitro benzene ring substituents is 1. The third-order valence-electron chi connectivity index (χ3n) is 6.98. The van der Waals surface area contributed by atoms with Crippen molar-refractivity contribution in [3.05, 3.63) is 111 Å². The lowest BCUT2D eigenvalue weighted by atomic mass is 9.86. The molecule has 1 fully saturated rings. The van der Waals surface area contributed by atoms with E-state index in [1.165, 1.54) is 12.1 Å². The molecule has 174 valence electrons. The summed E-state index contributed by atoms with van der Waals surface area (Å²) in [6, 6.07) is 22.6. The largest absolute Gasteiger partial charge is 0.356 e. The number of para-hydroxylation sites is 1. The standard InChI is InChI=1S/C27H22N4O4/c32-24-16-29(15-17-6-2-1-3-7-17)27(33)23-14-21-20-8-4-5-9-22(20)28-25(21)26(30(23)24)18-10-12-19(13-11-18)31(34)35/h1-13,23,26,28H,14-16H2. The summed E-state index contributed by atoms with van der Waals surface area (Å²) in [5, 5.41) is 12.2. The summed E-state index contributed by atoms with van der Waals surface area (Å²) in [6.45, 7) is 0.363. The molecule has 0 saturated carbocycles. The molecule has 2 unspecified atom stereocenters. The molecule has 1 N–H and O–H groups in total. The Morgan fingerprint density at radius 1 is 0.943 bits per heavy atom. The normalized spacial score (nSPS) is 19.5. The van der Waals surface area contributed by atoms with Crippen LogP contribution < -0.4 is 0 Å². The van der Waals surface area contributed by atoms with E-state index in [9.17, 15) is 19.7 Å². The highest BCUT2D eigenvalue weighted by Crippen LogP contribution is 2.42. The number of nitro groups is 1. The molecule has 2 aliphatic rings. The van der Waals surface area contributed by atoms with Crippen molar-refractivity contribution in [1.29, 1.82) is 0 Å². The maximum Gasteiger partial charge on any atom is 0.269 e. The molecule has 8 nitrogen and oxygen atoms in total. The average Bonchev–Trinajstić information content (AvgIpc) is 3.25. The Bertz CT molecular complexity index is 1460. The van der Waals surface area contributed by atoms with Gasteiger partial charge in [0.2, 0.25) is 11.8 Å². The van der Waals surface area contributed by atoms with Crippen LogP contribution in [0, 0.1) is 10.1 Å². The Morgan fingerprint density at radius 3 is 2.40 bits per heavy atom. The van der Waals surface area contributed by atoms with Gasteiger partial charge in [0.15, 0.2) is 0 Å². The van der Waals surface area contributed by atoms with Crippen LogP contribution in [-0.2, 0) is 22.6 Å². The number of amides is 2. The van der Waals surface area contributed by atoms with Gasteiger partial charge in [0.05, 0.1) is 11.0 Å². The number of aromatic amines is 1. The van der Waals surface area contributed by atoms with Gasteiger partial charge >= 0.3 is 0 Å². The number of carbonyl (C=O) groups is 2. The number of hydrogen-bond donors (Lipinski definition) is 1. The molecule has 35 heavy (non-hydrogen) atoms. The highest BCUT2D eigenvalue weighted by molar-refractivity contribution is 5.97. The van der Waals surface area contributed by atoms with Crippen molar-refractivity contribution in [2.45, 2.75) is 25.0 Å². The van der Waals surface area contributed by atoms with E-state index < -0.39 is 17.0 Å².